The lowest BCUT2D eigenvalue weighted by Gasteiger charge is -2.24. The van der Waals surface area contributed by atoms with E-state index in [1.807, 2.05) is 45.9 Å². The smallest absolute Gasteiger partial charge is 0.410 e. The van der Waals surface area contributed by atoms with Crippen molar-refractivity contribution in [3.63, 3.8) is 0 Å². The number of aryl methyl sites for hydroxylation is 2. The standard InChI is InChI=1S/C18H26N2O3/c1-12(2)11-23-18(22)20-10-6-9-15(20)17(21)19-16-13(3)7-5-8-14(16)4/h5,7-8,12,15H,6,9-11H2,1-4H3,(H,19,21). The van der Waals surface area contributed by atoms with E-state index in [9.17, 15) is 9.59 Å². The zero-order valence-corrected chi connectivity index (χ0v) is 14.4. The molecular formula is C18H26N2O3. The summed E-state index contributed by atoms with van der Waals surface area (Å²) >= 11 is 0. The number of carbonyl (C=O) groups is 2. The van der Waals surface area contributed by atoms with Crippen LogP contribution in [0.15, 0.2) is 18.2 Å². The monoisotopic (exact) mass is 318 g/mol. The Morgan fingerprint density at radius 1 is 1.30 bits per heavy atom. The van der Waals surface area contributed by atoms with Crippen LogP contribution >= 0.6 is 0 Å². The Hall–Kier alpha value is -2.04. The number of nitrogens with zero attached hydrogens (tertiary/aromatic N) is 1. The number of amides is 2. The number of carbonyl (C=O) groups excluding carboxylic acids is 2. The number of hydrogen-bond acceptors (Lipinski definition) is 3. The van der Waals surface area contributed by atoms with Gasteiger partial charge in [-0.25, -0.2) is 4.79 Å². The van der Waals surface area contributed by atoms with Gasteiger partial charge in [-0.05, 0) is 43.7 Å². The summed E-state index contributed by atoms with van der Waals surface area (Å²) < 4.78 is 5.27. The van der Waals surface area contributed by atoms with E-state index in [0.29, 0.717) is 19.6 Å². The first-order valence-electron chi connectivity index (χ1n) is 8.20. The van der Waals surface area contributed by atoms with Crippen LogP contribution < -0.4 is 5.32 Å². The third-order valence-corrected chi connectivity index (χ3v) is 4.06. The summed E-state index contributed by atoms with van der Waals surface area (Å²) in [6.07, 6.45) is 1.10. The van der Waals surface area contributed by atoms with E-state index < -0.39 is 12.1 Å². The normalized spacial score (nSPS) is 17.4. The van der Waals surface area contributed by atoms with E-state index in [2.05, 4.69) is 5.32 Å². The molecule has 23 heavy (non-hydrogen) atoms. The fourth-order valence-corrected chi connectivity index (χ4v) is 2.80. The second kappa shape index (κ2) is 7.49. The van der Waals surface area contributed by atoms with E-state index in [1.165, 1.54) is 0 Å². The number of nitrogens with one attached hydrogen (secondary N) is 1. The molecule has 0 aliphatic carbocycles. The van der Waals surface area contributed by atoms with Crippen molar-refractivity contribution in [3.05, 3.63) is 29.3 Å². The molecule has 1 N–H and O–H groups in total. The third-order valence-electron chi connectivity index (χ3n) is 4.06. The van der Waals surface area contributed by atoms with Crippen LogP contribution in [0.1, 0.15) is 37.8 Å². The van der Waals surface area contributed by atoms with Gasteiger partial charge in [-0.15, -0.1) is 0 Å². The van der Waals surface area contributed by atoms with Gasteiger partial charge < -0.3 is 10.1 Å². The van der Waals surface area contributed by atoms with Gasteiger partial charge in [0.1, 0.15) is 6.04 Å². The average molecular weight is 318 g/mol. The summed E-state index contributed by atoms with van der Waals surface area (Å²) in [7, 11) is 0. The van der Waals surface area contributed by atoms with E-state index in [0.717, 1.165) is 23.2 Å². The van der Waals surface area contributed by atoms with Gasteiger partial charge in [-0.2, -0.15) is 0 Å². The largest absolute Gasteiger partial charge is 0.449 e. The molecule has 0 saturated carbocycles. The molecule has 2 rings (SSSR count). The molecule has 1 aliphatic heterocycles. The zero-order chi connectivity index (χ0) is 17.0. The van der Waals surface area contributed by atoms with Crippen LogP contribution in [0.2, 0.25) is 0 Å². The van der Waals surface area contributed by atoms with Crippen molar-refractivity contribution in [2.45, 2.75) is 46.6 Å². The van der Waals surface area contributed by atoms with Gasteiger partial charge in [0.25, 0.3) is 0 Å². The van der Waals surface area contributed by atoms with Crippen molar-refractivity contribution in [3.8, 4) is 0 Å². The molecule has 1 atom stereocenters. The maximum atomic E-state index is 12.6. The van der Waals surface area contributed by atoms with Crippen LogP contribution in [0.25, 0.3) is 0 Å². The minimum Gasteiger partial charge on any atom is -0.449 e. The number of benzene rings is 1. The second-order valence-electron chi connectivity index (χ2n) is 6.58. The first-order chi connectivity index (χ1) is 10.9. The molecule has 1 aromatic rings. The number of hydrogen-bond donors (Lipinski definition) is 1. The summed E-state index contributed by atoms with van der Waals surface area (Å²) in [6.45, 7) is 8.85. The lowest BCUT2D eigenvalue weighted by Crippen LogP contribution is -2.43. The van der Waals surface area contributed by atoms with Gasteiger partial charge >= 0.3 is 6.09 Å². The third kappa shape index (κ3) is 4.24. The van der Waals surface area contributed by atoms with Crippen LogP contribution in [0.4, 0.5) is 10.5 Å². The molecule has 0 bridgehead atoms. The van der Waals surface area contributed by atoms with Gasteiger partial charge in [0.15, 0.2) is 0 Å². The molecule has 2 amide bonds. The topological polar surface area (TPSA) is 58.6 Å². The van der Waals surface area contributed by atoms with Crippen molar-refractivity contribution < 1.29 is 14.3 Å². The lowest BCUT2D eigenvalue weighted by atomic mass is 10.1. The molecule has 0 radical (unpaired) electrons. The van der Waals surface area contributed by atoms with Gasteiger partial charge in [-0.1, -0.05) is 32.0 Å². The molecular weight excluding hydrogens is 292 g/mol. The van der Waals surface area contributed by atoms with Crippen molar-refractivity contribution >= 4 is 17.7 Å². The Bertz CT molecular complexity index is 563. The number of para-hydroxylation sites is 1. The molecule has 1 heterocycles. The van der Waals surface area contributed by atoms with Crippen LogP contribution in [-0.2, 0) is 9.53 Å². The van der Waals surface area contributed by atoms with Crippen molar-refractivity contribution in [2.24, 2.45) is 5.92 Å². The molecule has 0 aromatic heterocycles. The fraction of sp³-hybridized carbons (Fsp3) is 0.556. The van der Waals surface area contributed by atoms with Gasteiger partial charge in [0, 0.05) is 12.2 Å². The number of likely N-dealkylation sites (tertiary alicyclic amines) is 1. The van der Waals surface area contributed by atoms with Crippen LogP contribution in [-0.4, -0.2) is 36.1 Å². The Morgan fingerprint density at radius 3 is 2.57 bits per heavy atom. The summed E-state index contributed by atoms with van der Waals surface area (Å²) in [6, 6.07) is 5.44. The summed E-state index contributed by atoms with van der Waals surface area (Å²) in [5.41, 5.74) is 2.87. The maximum Gasteiger partial charge on any atom is 0.410 e. The summed E-state index contributed by atoms with van der Waals surface area (Å²) in [5, 5.41) is 2.98. The summed E-state index contributed by atoms with van der Waals surface area (Å²) in [4.78, 5) is 26.3. The minimum absolute atomic E-state index is 0.138. The molecule has 1 saturated heterocycles. The average Bonchev–Trinajstić information content (AvgIpc) is 2.98. The van der Waals surface area contributed by atoms with Crippen molar-refractivity contribution in [2.75, 3.05) is 18.5 Å². The van der Waals surface area contributed by atoms with Crippen molar-refractivity contribution in [1.82, 2.24) is 4.90 Å². The molecule has 1 aromatic carbocycles. The highest BCUT2D eigenvalue weighted by molar-refractivity contribution is 5.98. The number of anilines is 1. The van der Waals surface area contributed by atoms with E-state index >= 15 is 0 Å². The molecule has 1 aliphatic rings. The van der Waals surface area contributed by atoms with E-state index in [1.54, 1.807) is 4.90 Å². The van der Waals surface area contributed by atoms with Gasteiger partial charge in [-0.3, -0.25) is 9.69 Å². The first kappa shape index (κ1) is 17.3. The molecule has 5 heteroatoms. The first-order valence-corrected chi connectivity index (χ1v) is 8.20. The zero-order valence-electron chi connectivity index (χ0n) is 14.4. The predicted molar refractivity (Wildman–Crippen MR) is 90.5 cm³/mol. The Kier molecular flexibility index (Phi) is 5.64. The molecule has 0 spiro atoms. The predicted octanol–water partition coefficient (Wildman–Crippen LogP) is 3.50. The van der Waals surface area contributed by atoms with Crippen molar-refractivity contribution in [1.29, 1.82) is 0 Å². The Balaban J connectivity index is 2.04. The maximum absolute atomic E-state index is 12.6. The molecule has 1 fully saturated rings. The van der Waals surface area contributed by atoms with E-state index in [4.69, 9.17) is 4.74 Å². The minimum atomic E-state index is -0.450. The number of ether oxygens (including phenoxy) is 1. The Morgan fingerprint density at radius 2 is 1.96 bits per heavy atom. The molecule has 5 nitrogen and oxygen atoms in total. The number of rotatable bonds is 4. The fourth-order valence-electron chi connectivity index (χ4n) is 2.80. The highest BCUT2D eigenvalue weighted by Crippen LogP contribution is 2.23. The highest BCUT2D eigenvalue weighted by Gasteiger charge is 2.35. The quantitative estimate of drug-likeness (QED) is 0.924. The lowest BCUT2D eigenvalue weighted by molar-refractivity contribution is -0.120. The SMILES string of the molecule is Cc1cccc(C)c1NC(=O)C1CCCN1C(=O)OCC(C)C. The molecule has 1 unspecified atom stereocenters. The van der Waals surface area contributed by atoms with Crippen LogP contribution in [0.3, 0.4) is 0 Å². The van der Waals surface area contributed by atoms with Crippen LogP contribution in [0, 0.1) is 19.8 Å². The summed E-state index contributed by atoms with van der Waals surface area (Å²) in [5.74, 6) is 0.143. The highest BCUT2D eigenvalue weighted by atomic mass is 16.6. The van der Waals surface area contributed by atoms with Gasteiger partial charge in [0.05, 0.1) is 6.61 Å². The second-order valence-corrected chi connectivity index (χ2v) is 6.58. The molecule has 126 valence electrons. The Labute approximate surface area is 138 Å². The van der Waals surface area contributed by atoms with E-state index in [-0.39, 0.29) is 11.8 Å². The van der Waals surface area contributed by atoms with Gasteiger partial charge in [0.2, 0.25) is 5.91 Å². The van der Waals surface area contributed by atoms with Crippen LogP contribution in [0.5, 0.6) is 0 Å².